The SMILES string of the molecule is CCCCCCCCCCCCNc1nc(SCCCC)nc(SCCCC)n1. The van der Waals surface area contributed by atoms with E-state index in [1.807, 2.05) is 0 Å². The van der Waals surface area contributed by atoms with Crippen molar-refractivity contribution in [2.75, 3.05) is 23.4 Å². The zero-order chi connectivity index (χ0) is 21.0. The first-order valence-electron chi connectivity index (χ1n) is 12.1. The van der Waals surface area contributed by atoms with Crippen molar-refractivity contribution in [1.29, 1.82) is 0 Å². The Bertz CT molecular complexity index is 472. The van der Waals surface area contributed by atoms with Gasteiger partial charge in [-0.15, -0.1) is 0 Å². The van der Waals surface area contributed by atoms with E-state index in [0.717, 1.165) is 34.3 Å². The Hall–Kier alpha value is -0.490. The van der Waals surface area contributed by atoms with Gasteiger partial charge in [0, 0.05) is 18.1 Å². The minimum absolute atomic E-state index is 0.758. The number of unbranched alkanes of at least 4 members (excludes halogenated alkanes) is 11. The molecule has 0 bridgehead atoms. The molecule has 0 saturated carbocycles. The molecule has 6 heteroatoms. The van der Waals surface area contributed by atoms with Crippen molar-refractivity contribution in [3.05, 3.63) is 0 Å². The van der Waals surface area contributed by atoms with Gasteiger partial charge in [0.15, 0.2) is 10.3 Å². The van der Waals surface area contributed by atoms with Gasteiger partial charge in [-0.1, -0.05) is 115 Å². The van der Waals surface area contributed by atoms with E-state index < -0.39 is 0 Å². The lowest BCUT2D eigenvalue weighted by atomic mass is 10.1. The summed E-state index contributed by atoms with van der Waals surface area (Å²) in [5.74, 6) is 2.92. The molecule has 4 nitrogen and oxygen atoms in total. The second kappa shape index (κ2) is 19.5. The summed E-state index contributed by atoms with van der Waals surface area (Å²) in [5, 5.41) is 5.19. The Kier molecular flexibility index (Phi) is 17.8. The van der Waals surface area contributed by atoms with Crippen LogP contribution >= 0.6 is 23.5 Å². The zero-order valence-corrected chi connectivity index (χ0v) is 20.8. The van der Waals surface area contributed by atoms with Crippen LogP contribution in [0.25, 0.3) is 0 Å². The Balaban J connectivity index is 2.27. The van der Waals surface area contributed by atoms with Crippen LogP contribution in [0.4, 0.5) is 5.95 Å². The second-order valence-corrected chi connectivity index (χ2v) is 9.86. The van der Waals surface area contributed by atoms with Gasteiger partial charge in [-0.2, -0.15) is 15.0 Å². The van der Waals surface area contributed by atoms with Gasteiger partial charge < -0.3 is 5.32 Å². The highest BCUT2D eigenvalue weighted by molar-refractivity contribution is 7.99. The molecule has 1 heterocycles. The number of aromatic nitrogens is 3. The molecule has 0 spiro atoms. The average molecular weight is 441 g/mol. The molecule has 0 aliphatic rings. The van der Waals surface area contributed by atoms with E-state index in [9.17, 15) is 0 Å². The summed E-state index contributed by atoms with van der Waals surface area (Å²) in [5.41, 5.74) is 0. The predicted octanol–water partition coefficient (Wildman–Crippen LogP) is 7.99. The molecular formula is C23H44N4S2. The van der Waals surface area contributed by atoms with E-state index in [0.29, 0.717) is 0 Å². The van der Waals surface area contributed by atoms with Gasteiger partial charge in [0.05, 0.1) is 0 Å². The summed E-state index contributed by atoms with van der Waals surface area (Å²) in [7, 11) is 0. The van der Waals surface area contributed by atoms with Crippen molar-refractivity contribution in [3.63, 3.8) is 0 Å². The van der Waals surface area contributed by atoms with Gasteiger partial charge in [-0.3, -0.25) is 0 Å². The van der Waals surface area contributed by atoms with Crippen LogP contribution in [-0.2, 0) is 0 Å². The van der Waals surface area contributed by atoms with Crippen LogP contribution in [0.15, 0.2) is 10.3 Å². The lowest BCUT2D eigenvalue weighted by molar-refractivity contribution is 0.559. The van der Waals surface area contributed by atoms with Gasteiger partial charge in [0.2, 0.25) is 5.95 Å². The summed E-state index contributed by atoms with van der Waals surface area (Å²) in [6.07, 6.45) is 18.5. The first-order valence-corrected chi connectivity index (χ1v) is 14.0. The van der Waals surface area contributed by atoms with Crippen LogP contribution in [0.5, 0.6) is 0 Å². The molecule has 1 aromatic rings. The molecule has 0 atom stereocenters. The molecular weight excluding hydrogens is 396 g/mol. The zero-order valence-electron chi connectivity index (χ0n) is 19.2. The number of hydrogen-bond donors (Lipinski definition) is 1. The standard InChI is InChI=1S/C23H44N4S2/c1-4-7-10-11-12-13-14-15-16-17-18-24-21-25-22(28-19-8-5-2)27-23(26-21)29-20-9-6-3/h4-20H2,1-3H3,(H,24,25,26,27). The molecule has 0 unspecified atom stereocenters. The first kappa shape index (κ1) is 26.5. The number of rotatable bonds is 20. The number of hydrogen-bond acceptors (Lipinski definition) is 6. The van der Waals surface area contributed by atoms with Crippen LogP contribution < -0.4 is 5.32 Å². The summed E-state index contributed by atoms with van der Waals surface area (Å²) in [6.45, 7) is 7.68. The molecule has 0 saturated heterocycles. The van der Waals surface area contributed by atoms with Gasteiger partial charge in [0.1, 0.15) is 0 Å². The van der Waals surface area contributed by atoms with Crippen LogP contribution in [0.3, 0.4) is 0 Å². The molecule has 0 amide bonds. The smallest absolute Gasteiger partial charge is 0.227 e. The van der Waals surface area contributed by atoms with E-state index in [1.54, 1.807) is 23.5 Å². The van der Waals surface area contributed by atoms with Gasteiger partial charge >= 0.3 is 0 Å². The molecule has 0 aliphatic heterocycles. The molecule has 0 aliphatic carbocycles. The second-order valence-electron chi connectivity index (χ2n) is 7.74. The van der Waals surface area contributed by atoms with E-state index in [4.69, 9.17) is 0 Å². The highest BCUT2D eigenvalue weighted by Crippen LogP contribution is 2.22. The van der Waals surface area contributed by atoms with Crippen LogP contribution in [0, 0.1) is 0 Å². The minimum Gasteiger partial charge on any atom is -0.354 e. The minimum atomic E-state index is 0.758. The molecule has 29 heavy (non-hydrogen) atoms. The molecule has 0 radical (unpaired) electrons. The third kappa shape index (κ3) is 15.0. The fourth-order valence-electron chi connectivity index (χ4n) is 2.97. The van der Waals surface area contributed by atoms with E-state index in [-0.39, 0.29) is 0 Å². The van der Waals surface area contributed by atoms with Gasteiger partial charge in [-0.25, -0.2) is 0 Å². The third-order valence-corrected chi connectivity index (χ3v) is 6.73. The fourth-order valence-corrected chi connectivity index (χ4v) is 4.87. The Morgan fingerprint density at radius 2 is 1.00 bits per heavy atom. The molecule has 0 aromatic carbocycles. The predicted molar refractivity (Wildman–Crippen MR) is 131 cm³/mol. The lowest BCUT2D eigenvalue weighted by Gasteiger charge is -2.09. The molecule has 168 valence electrons. The Morgan fingerprint density at radius 3 is 1.48 bits per heavy atom. The Labute approximate surface area is 188 Å². The van der Waals surface area contributed by atoms with Crippen molar-refractivity contribution in [3.8, 4) is 0 Å². The quantitative estimate of drug-likeness (QED) is 0.164. The average Bonchev–Trinajstić information content (AvgIpc) is 2.72. The third-order valence-electron chi connectivity index (χ3n) is 4.87. The van der Waals surface area contributed by atoms with Crippen LogP contribution in [0.2, 0.25) is 0 Å². The summed E-state index contributed by atoms with van der Waals surface area (Å²) in [4.78, 5) is 13.9. The summed E-state index contributed by atoms with van der Waals surface area (Å²) >= 11 is 3.51. The van der Waals surface area contributed by atoms with Crippen molar-refractivity contribution in [1.82, 2.24) is 15.0 Å². The van der Waals surface area contributed by atoms with Crippen molar-refractivity contribution in [2.24, 2.45) is 0 Å². The fraction of sp³-hybridized carbons (Fsp3) is 0.870. The van der Waals surface area contributed by atoms with Crippen LogP contribution in [-0.4, -0.2) is 33.0 Å². The maximum absolute atomic E-state index is 4.65. The summed E-state index contributed by atoms with van der Waals surface area (Å²) < 4.78 is 0. The number of thioether (sulfide) groups is 2. The molecule has 1 rings (SSSR count). The van der Waals surface area contributed by atoms with Gasteiger partial charge in [-0.05, 0) is 19.3 Å². The van der Waals surface area contributed by atoms with Crippen molar-refractivity contribution < 1.29 is 0 Å². The monoisotopic (exact) mass is 440 g/mol. The summed E-state index contributed by atoms with van der Waals surface area (Å²) in [6, 6.07) is 0. The topological polar surface area (TPSA) is 50.7 Å². The highest BCUT2D eigenvalue weighted by atomic mass is 32.2. The van der Waals surface area contributed by atoms with Crippen LogP contribution in [0.1, 0.15) is 111 Å². The molecule has 1 aromatic heterocycles. The van der Waals surface area contributed by atoms with Crippen molar-refractivity contribution >= 4 is 29.5 Å². The van der Waals surface area contributed by atoms with Gasteiger partial charge in [0.25, 0.3) is 0 Å². The van der Waals surface area contributed by atoms with E-state index >= 15 is 0 Å². The van der Waals surface area contributed by atoms with Crippen molar-refractivity contribution in [2.45, 2.75) is 121 Å². The number of nitrogens with zero attached hydrogens (tertiary/aromatic N) is 3. The normalized spacial score (nSPS) is 11.1. The van der Waals surface area contributed by atoms with E-state index in [2.05, 4.69) is 41.0 Å². The molecule has 1 N–H and O–H groups in total. The first-order chi connectivity index (χ1) is 14.3. The largest absolute Gasteiger partial charge is 0.354 e. The number of nitrogens with one attached hydrogen (secondary N) is 1. The number of anilines is 1. The lowest BCUT2D eigenvalue weighted by Crippen LogP contribution is -2.08. The van der Waals surface area contributed by atoms with E-state index in [1.165, 1.54) is 89.9 Å². The Morgan fingerprint density at radius 1 is 0.552 bits per heavy atom. The highest BCUT2D eigenvalue weighted by Gasteiger charge is 2.07. The maximum Gasteiger partial charge on any atom is 0.227 e. The molecule has 0 fully saturated rings. The maximum atomic E-state index is 4.65.